The zero-order valence-electron chi connectivity index (χ0n) is 15.6. The van der Waals surface area contributed by atoms with Gasteiger partial charge in [0.1, 0.15) is 0 Å². The predicted octanol–water partition coefficient (Wildman–Crippen LogP) is 5.09. The number of fused-ring (bicyclic) bond motifs is 1. The lowest BCUT2D eigenvalue weighted by Crippen LogP contribution is -2.42. The molecule has 0 N–H and O–H groups in total. The molecule has 0 bridgehead atoms. The van der Waals surface area contributed by atoms with E-state index in [-0.39, 0.29) is 6.04 Å². The van der Waals surface area contributed by atoms with Gasteiger partial charge in [0.05, 0.1) is 6.04 Å². The van der Waals surface area contributed by atoms with Gasteiger partial charge in [0.2, 0.25) is 5.91 Å². The standard InChI is InChI=1S/C22H30N2O/c1-3-4-5-6-7-13-21(25)24-16-15-23-14-9-12-20(23)22(24)19-11-8-10-18(2)17-19/h8-12,14,17,22H,3-7,13,15-16H2,1-2H3. The molecular weight excluding hydrogens is 308 g/mol. The Morgan fingerprint density at radius 1 is 1.08 bits per heavy atom. The molecule has 3 heteroatoms. The van der Waals surface area contributed by atoms with Crippen LogP contribution in [-0.2, 0) is 11.3 Å². The number of unbranched alkanes of at least 4 members (excludes halogenated alkanes) is 4. The molecule has 3 nitrogen and oxygen atoms in total. The first-order valence-electron chi connectivity index (χ1n) is 9.71. The first kappa shape index (κ1) is 17.8. The minimum absolute atomic E-state index is 0.0480. The van der Waals surface area contributed by atoms with Crippen molar-refractivity contribution in [1.29, 1.82) is 0 Å². The van der Waals surface area contributed by atoms with E-state index >= 15 is 0 Å². The molecule has 2 aromatic rings. The third kappa shape index (κ3) is 4.15. The van der Waals surface area contributed by atoms with Gasteiger partial charge in [-0.3, -0.25) is 4.79 Å². The fourth-order valence-corrected chi connectivity index (χ4v) is 3.87. The van der Waals surface area contributed by atoms with Gasteiger partial charge in [-0.15, -0.1) is 0 Å². The van der Waals surface area contributed by atoms with Crippen molar-refractivity contribution in [3.63, 3.8) is 0 Å². The fourth-order valence-electron chi connectivity index (χ4n) is 3.87. The summed E-state index contributed by atoms with van der Waals surface area (Å²) in [6, 6.07) is 12.9. The molecule has 0 spiro atoms. The maximum Gasteiger partial charge on any atom is 0.223 e. The predicted molar refractivity (Wildman–Crippen MR) is 103 cm³/mol. The van der Waals surface area contributed by atoms with E-state index in [2.05, 4.69) is 65.9 Å². The molecule has 0 radical (unpaired) electrons. The number of hydrogen-bond acceptors (Lipinski definition) is 1. The number of carbonyl (C=O) groups excluding carboxylic acids is 1. The average Bonchev–Trinajstić information content (AvgIpc) is 3.09. The van der Waals surface area contributed by atoms with E-state index in [9.17, 15) is 4.79 Å². The number of benzene rings is 1. The summed E-state index contributed by atoms with van der Waals surface area (Å²) in [5.74, 6) is 0.301. The number of hydrogen-bond donors (Lipinski definition) is 0. The Bertz CT molecular complexity index is 704. The van der Waals surface area contributed by atoms with Gasteiger partial charge in [0.25, 0.3) is 0 Å². The minimum Gasteiger partial charge on any atom is -0.348 e. The van der Waals surface area contributed by atoms with E-state index in [1.807, 2.05) is 0 Å². The first-order valence-corrected chi connectivity index (χ1v) is 9.71. The lowest BCUT2D eigenvalue weighted by molar-refractivity contribution is -0.134. The highest BCUT2D eigenvalue weighted by molar-refractivity contribution is 5.77. The largest absolute Gasteiger partial charge is 0.348 e. The second-order valence-corrected chi connectivity index (χ2v) is 7.19. The summed E-state index contributed by atoms with van der Waals surface area (Å²) in [6.07, 6.45) is 8.74. The Morgan fingerprint density at radius 2 is 1.92 bits per heavy atom. The van der Waals surface area contributed by atoms with Crippen LogP contribution in [0.5, 0.6) is 0 Å². The Hall–Kier alpha value is -2.03. The highest BCUT2D eigenvalue weighted by atomic mass is 16.2. The molecule has 1 aromatic heterocycles. The maximum atomic E-state index is 12.9. The van der Waals surface area contributed by atoms with Gasteiger partial charge < -0.3 is 9.47 Å². The Kier molecular flexibility index (Phi) is 5.95. The molecule has 3 rings (SSSR count). The van der Waals surface area contributed by atoms with Crippen molar-refractivity contribution < 1.29 is 4.79 Å². The lowest BCUT2D eigenvalue weighted by Gasteiger charge is -2.37. The molecule has 2 heterocycles. The summed E-state index contributed by atoms with van der Waals surface area (Å²) in [5, 5.41) is 0. The van der Waals surface area contributed by atoms with Gasteiger partial charge >= 0.3 is 0 Å². The summed E-state index contributed by atoms with van der Waals surface area (Å²) in [5.41, 5.74) is 3.70. The normalized spacial score (nSPS) is 16.7. The zero-order valence-corrected chi connectivity index (χ0v) is 15.6. The van der Waals surface area contributed by atoms with Crippen LogP contribution in [0.15, 0.2) is 42.6 Å². The summed E-state index contributed by atoms with van der Waals surface area (Å²) >= 11 is 0. The topological polar surface area (TPSA) is 25.2 Å². The second kappa shape index (κ2) is 8.37. The van der Waals surface area contributed by atoms with E-state index in [1.54, 1.807) is 0 Å². The second-order valence-electron chi connectivity index (χ2n) is 7.19. The van der Waals surface area contributed by atoms with Gasteiger partial charge in [-0.1, -0.05) is 62.4 Å². The molecule has 134 valence electrons. The molecule has 1 aliphatic rings. The molecule has 1 amide bonds. The molecule has 0 fully saturated rings. The van der Waals surface area contributed by atoms with Crippen molar-refractivity contribution in [1.82, 2.24) is 9.47 Å². The van der Waals surface area contributed by atoms with Crippen molar-refractivity contribution in [3.05, 3.63) is 59.4 Å². The van der Waals surface area contributed by atoms with Crippen molar-refractivity contribution in [3.8, 4) is 0 Å². The molecule has 25 heavy (non-hydrogen) atoms. The number of aryl methyl sites for hydroxylation is 1. The molecule has 0 saturated heterocycles. The maximum absolute atomic E-state index is 12.9. The van der Waals surface area contributed by atoms with Gasteiger partial charge in [-0.2, -0.15) is 0 Å². The van der Waals surface area contributed by atoms with Gasteiger partial charge in [0.15, 0.2) is 0 Å². The third-order valence-corrected chi connectivity index (χ3v) is 5.21. The van der Waals surface area contributed by atoms with Crippen LogP contribution in [0.2, 0.25) is 0 Å². The lowest BCUT2D eigenvalue weighted by atomic mass is 9.97. The van der Waals surface area contributed by atoms with E-state index in [0.717, 1.165) is 19.5 Å². The number of carbonyl (C=O) groups is 1. The number of aromatic nitrogens is 1. The van der Waals surface area contributed by atoms with E-state index in [1.165, 1.54) is 42.5 Å². The van der Waals surface area contributed by atoms with Crippen molar-refractivity contribution in [2.45, 2.75) is 65.0 Å². The zero-order chi connectivity index (χ0) is 17.6. The van der Waals surface area contributed by atoms with Gasteiger partial charge in [-0.25, -0.2) is 0 Å². The number of rotatable bonds is 7. The molecule has 1 atom stereocenters. The molecule has 0 saturated carbocycles. The number of nitrogens with zero attached hydrogens (tertiary/aromatic N) is 2. The quantitative estimate of drug-likeness (QED) is 0.646. The van der Waals surface area contributed by atoms with Crippen molar-refractivity contribution in [2.75, 3.05) is 6.54 Å². The molecule has 1 aliphatic heterocycles. The average molecular weight is 338 g/mol. The van der Waals surface area contributed by atoms with Crippen molar-refractivity contribution in [2.24, 2.45) is 0 Å². The molecule has 1 unspecified atom stereocenters. The van der Waals surface area contributed by atoms with Crippen LogP contribution in [-0.4, -0.2) is 21.9 Å². The van der Waals surface area contributed by atoms with Crippen LogP contribution in [0.25, 0.3) is 0 Å². The summed E-state index contributed by atoms with van der Waals surface area (Å²) in [7, 11) is 0. The van der Waals surface area contributed by atoms with E-state index in [0.29, 0.717) is 12.3 Å². The van der Waals surface area contributed by atoms with Gasteiger partial charge in [-0.05, 0) is 31.0 Å². The van der Waals surface area contributed by atoms with Crippen LogP contribution in [0.4, 0.5) is 0 Å². The smallest absolute Gasteiger partial charge is 0.223 e. The van der Waals surface area contributed by atoms with Gasteiger partial charge in [0, 0.05) is 31.4 Å². The SMILES string of the molecule is CCCCCCCC(=O)N1CCn2cccc2C1c1cccc(C)c1. The van der Waals surface area contributed by atoms with E-state index in [4.69, 9.17) is 0 Å². The highest BCUT2D eigenvalue weighted by Crippen LogP contribution is 2.33. The van der Waals surface area contributed by atoms with Crippen molar-refractivity contribution >= 4 is 5.91 Å². The van der Waals surface area contributed by atoms with Crippen LogP contribution >= 0.6 is 0 Å². The minimum atomic E-state index is 0.0480. The Labute approximate surface area is 151 Å². The van der Waals surface area contributed by atoms with Crippen LogP contribution < -0.4 is 0 Å². The Morgan fingerprint density at radius 3 is 2.72 bits per heavy atom. The molecular formula is C22H30N2O. The molecule has 0 aliphatic carbocycles. The van der Waals surface area contributed by atoms with E-state index < -0.39 is 0 Å². The fraction of sp³-hybridized carbons (Fsp3) is 0.500. The summed E-state index contributed by atoms with van der Waals surface area (Å²) in [4.78, 5) is 15.0. The Balaban J connectivity index is 1.76. The summed E-state index contributed by atoms with van der Waals surface area (Å²) < 4.78 is 2.29. The molecule has 1 aromatic carbocycles. The highest BCUT2D eigenvalue weighted by Gasteiger charge is 2.31. The number of amides is 1. The monoisotopic (exact) mass is 338 g/mol. The summed E-state index contributed by atoms with van der Waals surface area (Å²) in [6.45, 7) is 6.03. The van der Waals surface area contributed by atoms with Crippen LogP contribution in [0.3, 0.4) is 0 Å². The van der Waals surface area contributed by atoms with Crippen LogP contribution in [0, 0.1) is 6.92 Å². The van der Waals surface area contributed by atoms with Crippen LogP contribution in [0.1, 0.15) is 68.3 Å². The first-order chi connectivity index (χ1) is 12.2. The third-order valence-electron chi connectivity index (χ3n) is 5.21.